The second-order valence-electron chi connectivity index (χ2n) is 6.14. The van der Waals surface area contributed by atoms with Crippen molar-refractivity contribution in [2.24, 2.45) is 0 Å². The molecule has 0 radical (unpaired) electrons. The number of anilines is 1. The number of nitrogens with one attached hydrogen (secondary N) is 1. The normalized spacial score (nSPS) is 22.7. The minimum Gasteiger partial charge on any atom is -0.369 e. The van der Waals surface area contributed by atoms with Crippen molar-refractivity contribution in [3.63, 3.8) is 0 Å². The molecule has 1 aromatic rings. The van der Waals surface area contributed by atoms with Crippen LogP contribution in [-0.2, 0) is 0 Å². The molecule has 3 rings (SSSR count). The van der Waals surface area contributed by atoms with E-state index < -0.39 is 0 Å². The van der Waals surface area contributed by atoms with Gasteiger partial charge in [-0.1, -0.05) is 18.9 Å². The second-order valence-corrected chi connectivity index (χ2v) is 7.00. The first-order valence-corrected chi connectivity index (χ1v) is 8.24. The summed E-state index contributed by atoms with van der Waals surface area (Å²) in [6, 6.07) is 6.72. The Labute approximate surface area is 124 Å². The maximum atomic E-state index is 3.83. The summed E-state index contributed by atoms with van der Waals surface area (Å²) in [5, 5.41) is 3.83. The maximum Gasteiger partial charge on any atom is 0.0511 e. The molecule has 0 bridgehead atoms. The molecule has 1 aromatic carbocycles. The molecule has 0 unspecified atom stereocenters. The van der Waals surface area contributed by atoms with E-state index in [1.807, 2.05) is 0 Å². The van der Waals surface area contributed by atoms with Gasteiger partial charge in [0.1, 0.15) is 0 Å². The van der Waals surface area contributed by atoms with Crippen LogP contribution in [0.5, 0.6) is 0 Å². The van der Waals surface area contributed by atoms with E-state index in [2.05, 4.69) is 51.3 Å². The molecule has 1 N–H and O–H groups in total. The molecule has 1 heterocycles. The highest BCUT2D eigenvalue weighted by Gasteiger charge is 2.36. The molecule has 1 aliphatic heterocycles. The predicted molar refractivity (Wildman–Crippen MR) is 84.9 cm³/mol. The highest BCUT2D eigenvalue weighted by Crippen LogP contribution is 2.35. The zero-order valence-corrected chi connectivity index (χ0v) is 13.3. The van der Waals surface area contributed by atoms with E-state index >= 15 is 0 Å². The molecule has 3 heteroatoms. The van der Waals surface area contributed by atoms with Gasteiger partial charge in [-0.15, -0.1) is 0 Å². The minimum absolute atomic E-state index is 0.376. The number of hydrogen-bond acceptors (Lipinski definition) is 2. The van der Waals surface area contributed by atoms with Crippen LogP contribution in [0.1, 0.15) is 37.7 Å². The molecule has 2 aliphatic rings. The molecule has 2 nitrogen and oxygen atoms in total. The van der Waals surface area contributed by atoms with Crippen LogP contribution in [-0.4, -0.2) is 25.2 Å². The van der Waals surface area contributed by atoms with Crippen molar-refractivity contribution in [2.45, 2.75) is 44.6 Å². The third-order valence-electron chi connectivity index (χ3n) is 4.60. The van der Waals surface area contributed by atoms with Gasteiger partial charge in [0, 0.05) is 23.1 Å². The van der Waals surface area contributed by atoms with Crippen molar-refractivity contribution >= 4 is 21.6 Å². The molecule has 2 fully saturated rings. The van der Waals surface area contributed by atoms with Crippen LogP contribution in [0.25, 0.3) is 0 Å². The molecule has 1 saturated heterocycles. The fraction of sp³-hybridized carbons (Fsp3) is 0.625. The van der Waals surface area contributed by atoms with Gasteiger partial charge >= 0.3 is 0 Å². The van der Waals surface area contributed by atoms with Crippen LogP contribution in [0.3, 0.4) is 0 Å². The van der Waals surface area contributed by atoms with Crippen molar-refractivity contribution in [3.05, 3.63) is 28.2 Å². The molecule has 1 aliphatic carbocycles. The SMILES string of the molecule is Cc1ccc(N2CCCNC3(CCCC3)C2)c(Br)c1. The molecule has 1 spiro atoms. The number of aryl methyl sites for hydroxylation is 1. The van der Waals surface area contributed by atoms with Crippen molar-refractivity contribution in [1.82, 2.24) is 5.32 Å². The van der Waals surface area contributed by atoms with Gasteiger partial charge in [-0.25, -0.2) is 0 Å². The number of halogens is 1. The van der Waals surface area contributed by atoms with E-state index in [9.17, 15) is 0 Å². The molecule has 0 aromatic heterocycles. The topological polar surface area (TPSA) is 15.3 Å². The van der Waals surface area contributed by atoms with Gasteiger partial charge in [0.25, 0.3) is 0 Å². The van der Waals surface area contributed by atoms with Crippen LogP contribution in [0.15, 0.2) is 22.7 Å². The maximum absolute atomic E-state index is 3.83. The van der Waals surface area contributed by atoms with Crippen molar-refractivity contribution < 1.29 is 0 Å². The molecule has 104 valence electrons. The Kier molecular flexibility index (Phi) is 3.86. The summed E-state index contributed by atoms with van der Waals surface area (Å²) in [4.78, 5) is 2.58. The summed E-state index contributed by atoms with van der Waals surface area (Å²) in [6.45, 7) is 5.64. The average molecular weight is 323 g/mol. The quantitative estimate of drug-likeness (QED) is 0.844. The molecule has 1 saturated carbocycles. The lowest BCUT2D eigenvalue weighted by Crippen LogP contribution is -2.49. The molecular formula is C16H23BrN2. The summed E-state index contributed by atoms with van der Waals surface area (Å²) in [6.07, 6.45) is 6.69. The van der Waals surface area contributed by atoms with Gasteiger partial charge in [0.2, 0.25) is 0 Å². The van der Waals surface area contributed by atoms with Crippen LogP contribution in [0, 0.1) is 6.92 Å². The molecular weight excluding hydrogens is 300 g/mol. The largest absolute Gasteiger partial charge is 0.369 e. The van der Waals surface area contributed by atoms with Crippen molar-refractivity contribution in [2.75, 3.05) is 24.5 Å². The van der Waals surface area contributed by atoms with Gasteiger partial charge < -0.3 is 10.2 Å². The van der Waals surface area contributed by atoms with E-state index in [4.69, 9.17) is 0 Å². The third-order valence-corrected chi connectivity index (χ3v) is 5.24. The summed E-state index contributed by atoms with van der Waals surface area (Å²) < 4.78 is 1.24. The zero-order chi connectivity index (χ0) is 13.3. The highest BCUT2D eigenvalue weighted by molar-refractivity contribution is 9.10. The first kappa shape index (κ1) is 13.4. The van der Waals surface area contributed by atoms with E-state index in [-0.39, 0.29) is 0 Å². The Bertz CT molecular complexity index is 452. The van der Waals surface area contributed by atoms with Gasteiger partial charge in [-0.3, -0.25) is 0 Å². The second kappa shape index (κ2) is 5.45. The lowest BCUT2D eigenvalue weighted by Gasteiger charge is -2.35. The standard InChI is InChI=1S/C16H23BrN2/c1-13-5-6-15(14(17)11-13)19-10-4-9-18-16(12-19)7-2-3-8-16/h5-6,11,18H,2-4,7-10,12H2,1H3. The average Bonchev–Trinajstić information content (AvgIpc) is 2.71. The summed E-state index contributed by atoms with van der Waals surface area (Å²) in [7, 11) is 0. The van der Waals surface area contributed by atoms with E-state index in [0.29, 0.717) is 5.54 Å². The fourth-order valence-corrected chi connectivity index (χ4v) is 4.33. The number of benzene rings is 1. The van der Waals surface area contributed by atoms with Gasteiger partial charge in [0.05, 0.1) is 5.69 Å². The highest BCUT2D eigenvalue weighted by atomic mass is 79.9. The Morgan fingerprint density at radius 2 is 2.00 bits per heavy atom. The summed E-state index contributed by atoms with van der Waals surface area (Å²) in [5.74, 6) is 0. The van der Waals surface area contributed by atoms with Crippen LogP contribution in [0.4, 0.5) is 5.69 Å². The third kappa shape index (κ3) is 2.82. The predicted octanol–water partition coefficient (Wildman–Crippen LogP) is 3.87. The van der Waals surface area contributed by atoms with E-state index in [0.717, 1.165) is 13.1 Å². The number of rotatable bonds is 1. The number of hydrogen-bond donors (Lipinski definition) is 1. The Morgan fingerprint density at radius 3 is 2.74 bits per heavy atom. The van der Waals surface area contributed by atoms with E-state index in [1.54, 1.807) is 0 Å². The summed E-state index contributed by atoms with van der Waals surface area (Å²) in [5.41, 5.74) is 3.06. The smallest absolute Gasteiger partial charge is 0.0511 e. The van der Waals surface area contributed by atoms with E-state index in [1.165, 1.54) is 54.4 Å². The minimum atomic E-state index is 0.376. The monoisotopic (exact) mass is 322 g/mol. The first-order valence-electron chi connectivity index (χ1n) is 7.45. The van der Waals surface area contributed by atoms with Crippen LogP contribution < -0.4 is 10.2 Å². The Morgan fingerprint density at radius 1 is 1.21 bits per heavy atom. The zero-order valence-electron chi connectivity index (χ0n) is 11.7. The summed E-state index contributed by atoms with van der Waals surface area (Å²) >= 11 is 3.74. The molecule has 0 amide bonds. The lowest BCUT2D eigenvalue weighted by molar-refractivity contribution is 0.354. The van der Waals surface area contributed by atoms with Crippen molar-refractivity contribution in [3.8, 4) is 0 Å². The fourth-order valence-electron chi connectivity index (χ4n) is 3.58. The molecule has 0 atom stereocenters. The van der Waals surface area contributed by atoms with Gasteiger partial charge in [-0.2, -0.15) is 0 Å². The van der Waals surface area contributed by atoms with Crippen molar-refractivity contribution in [1.29, 1.82) is 0 Å². The van der Waals surface area contributed by atoms with Crippen LogP contribution in [0.2, 0.25) is 0 Å². The van der Waals surface area contributed by atoms with Gasteiger partial charge in [0.15, 0.2) is 0 Å². The number of nitrogens with zero attached hydrogens (tertiary/aromatic N) is 1. The Balaban J connectivity index is 1.86. The Hall–Kier alpha value is -0.540. The molecule has 19 heavy (non-hydrogen) atoms. The lowest BCUT2D eigenvalue weighted by atomic mass is 9.97. The van der Waals surface area contributed by atoms with Gasteiger partial charge in [-0.05, 0) is 66.4 Å². The first-order chi connectivity index (χ1) is 9.19. The van der Waals surface area contributed by atoms with Crippen LogP contribution >= 0.6 is 15.9 Å².